The normalized spacial score (nSPS) is 10.8. The van der Waals surface area contributed by atoms with Gasteiger partial charge in [0, 0.05) is 5.39 Å². The Morgan fingerprint density at radius 3 is 2.57 bits per heavy atom. The zero-order valence-electron chi connectivity index (χ0n) is 11.4. The number of carbonyl (C=O) groups excluding carboxylic acids is 1. The second-order valence-corrected chi connectivity index (χ2v) is 4.91. The van der Waals surface area contributed by atoms with Gasteiger partial charge in [-0.25, -0.2) is 4.79 Å². The summed E-state index contributed by atoms with van der Waals surface area (Å²) in [5.41, 5.74) is 2.88. The Balaban J connectivity index is 2.26. The molecule has 0 fully saturated rings. The van der Waals surface area contributed by atoms with Gasteiger partial charge in [-0.1, -0.05) is 30.3 Å². The van der Waals surface area contributed by atoms with Crippen LogP contribution in [0.5, 0.6) is 0 Å². The summed E-state index contributed by atoms with van der Waals surface area (Å²) in [6.45, 7) is 0. The summed E-state index contributed by atoms with van der Waals surface area (Å²) in [6, 6.07) is 15.5. The molecule has 0 aliphatic rings. The predicted octanol–water partition coefficient (Wildman–Crippen LogP) is 4.63. The molecular formula is C17H13ClO3. The minimum absolute atomic E-state index is 0.260. The van der Waals surface area contributed by atoms with E-state index in [4.69, 9.17) is 20.8 Å². The van der Waals surface area contributed by atoms with E-state index in [1.165, 1.54) is 7.11 Å². The third-order valence-corrected chi connectivity index (χ3v) is 3.57. The molecule has 0 radical (unpaired) electrons. The van der Waals surface area contributed by atoms with Crippen molar-refractivity contribution in [2.75, 3.05) is 7.11 Å². The summed E-state index contributed by atoms with van der Waals surface area (Å²) < 4.78 is 10.5. The lowest BCUT2D eigenvalue weighted by atomic mass is 10.0. The van der Waals surface area contributed by atoms with Crippen LogP contribution >= 0.6 is 11.6 Å². The van der Waals surface area contributed by atoms with Crippen molar-refractivity contribution in [1.82, 2.24) is 0 Å². The van der Waals surface area contributed by atoms with Crippen molar-refractivity contribution in [2.24, 2.45) is 0 Å². The molecule has 106 valence electrons. The van der Waals surface area contributed by atoms with Crippen LogP contribution in [0.2, 0.25) is 0 Å². The molecule has 0 aliphatic carbocycles. The Hall–Kier alpha value is -2.26. The first-order valence-electron chi connectivity index (χ1n) is 6.49. The number of carbonyl (C=O) groups is 1. The van der Waals surface area contributed by atoms with Crippen molar-refractivity contribution in [3.8, 4) is 11.1 Å². The van der Waals surface area contributed by atoms with E-state index in [1.807, 2.05) is 42.5 Å². The third-order valence-electron chi connectivity index (χ3n) is 3.31. The van der Waals surface area contributed by atoms with Crippen LogP contribution in [0.1, 0.15) is 16.1 Å². The summed E-state index contributed by atoms with van der Waals surface area (Å²) in [5.74, 6) is 0.464. The molecule has 0 amide bonds. The van der Waals surface area contributed by atoms with Crippen molar-refractivity contribution in [2.45, 2.75) is 5.88 Å². The van der Waals surface area contributed by atoms with Gasteiger partial charge >= 0.3 is 5.97 Å². The van der Waals surface area contributed by atoms with Gasteiger partial charge in [-0.05, 0) is 29.3 Å². The number of rotatable bonds is 3. The molecule has 4 heteroatoms. The van der Waals surface area contributed by atoms with Crippen molar-refractivity contribution in [3.05, 3.63) is 59.9 Å². The molecule has 0 saturated carbocycles. The van der Waals surface area contributed by atoms with Gasteiger partial charge in [0.1, 0.15) is 16.9 Å². The summed E-state index contributed by atoms with van der Waals surface area (Å²) in [7, 11) is 1.36. The number of esters is 1. The fourth-order valence-corrected chi connectivity index (χ4v) is 2.46. The Labute approximate surface area is 127 Å². The second-order valence-electron chi connectivity index (χ2n) is 4.65. The largest absolute Gasteiger partial charge is 0.465 e. The molecule has 0 spiro atoms. The van der Waals surface area contributed by atoms with Crippen LogP contribution in [-0.4, -0.2) is 13.1 Å². The summed E-state index contributed by atoms with van der Waals surface area (Å²) in [6.07, 6.45) is 0. The Kier molecular flexibility index (Phi) is 3.67. The first kappa shape index (κ1) is 13.7. The quantitative estimate of drug-likeness (QED) is 0.523. The zero-order valence-corrected chi connectivity index (χ0v) is 12.2. The smallest absolute Gasteiger partial charge is 0.341 e. The molecule has 1 heterocycles. The highest BCUT2D eigenvalue weighted by atomic mass is 35.5. The average molecular weight is 301 g/mol. The highest BCUT2D eigenvalue weighted by molar-refractivity contribution is 6.17. The van der Waals surface area contributed by atoms with Gasteiger partial charge < -0.3 is 9.15 Å². The molecule has 2 aromatic carbocycles. The van der Waals surface area contributed by atoms with E-state index in [1.54, 1.807) is 6.07 Å². The molecule has 0 atom stereocenters. The van der Waals surface area contributed by atoms with E-state index in [0.717, 1.165) is 16.5 Å². The van der Waals surface area contributed by atoms with E-state index in [9.17, 15) is 4.79 Å². The maximum absolute atomic E-state index is 12.0. The summed E-state index contributed by atoms with van der Waals surface area (Å²) >= 11 is 5.81. The molecule has 3 aromatic rings. The van der Waals surface area contributed by atoms with E-state index < -0.39 is 5.97 Å². The second kappa shape index (κ2) is 5.62. The number of hydrogen-bond donors (Lipinski definition) is 0. The molecule has 0 bridgehead atoms. The van der Waals surface area contributed by atoms with Crippen molar-refractivity contribution in [3.63, 3.8) is 0 Å². The first-order valence-corrected chi connectivity index (χ1v) is 7.02. The third kappa shape index (κ3) is 2.52. The number of ether oxygens (including phenoxy) is 1. The molecule has 0 unspecified atom stereocenters. The van der Waals surface area contributed by atoms with Gasteiger partial charge in [-0.2, -0.15) is 0 Å². The van der Waals surface area contributed by atoms with Gasteiger partial charge in [0.2, 0.25) is 0 Å². The van der Waals surface area contributed by atoms with Crippen LogP contribution in [0.4, 0.5) is 0 Å². The van der Waals surface area contributed by atoms with E-state index in [-0.39, 0.29) is 5.88 Å². The van der Waals surface area contributed by atoms with Crippen LogP contribution < -0.4 is 0 Å². The SMILES string of the molecule is COC(=O)c1cc(-c2ccccc2)cc2cc(CCl)oc12. The maximum atomic E-state index is 12.0. The molecule has 0 N–H and O–H groups in total. The van der Waals surface area contributed by atoms with Crippen LogP contribution in [0.15, 0.2) is 52.9 Å². The summed E-state index contributed by atoms with van der Waals surface area (Å²) in [5, 5.41) is 0.840. The van der Waals surface area contributed by atoms with E-state index in [2.05, 4.69) is 0 Å². The van der Waals surface area contributed by atoms with Crippen LogP contribution in [0.25, 0.3) is 22.1 Å². The fraction of sp³-hybridized carbons (Fsp3) is 0.118. The molecule has 21 heavy (non-hydrogen) atoms. The van der Waals surface area contributed by atoms with Gasteiger partial charge in [0.05, 0.1) is 13.0 Å². The standard InChI is InChI=1S/C17H13ClO3/c1-20-17(19)15-9-12(11-5-3-2-4-6-11)7-13-8-14(10-18)21-16(13)15/h2-9H,10H2,1H3. The molecule has 3 nitrogen and oxygen atoms in total. The highest BCUT2D eigenvalue weighted by Crippen LogP contribution is 2.31. The van der Waals surface area contributed by atoms with Crippen molar-refractivity contribution >= 4 is 28.5 Å². The van der Waals surface area contributed by atoms with E-state index >= 15 is 0 Å². The maximum Gasteiger partial charge on any atom is 0.341 e. The minimum Gasteiger partial charge on any atom is -0.465 e. The molecular weight excluding hydrogens is 288 g/mol. The summed E-state index contributed by atoms with van der Waals surface area (Å²) in [4.78, 5) is 12.0. The lowest BCUT2D eigenvalue weighted by Gasteiger charge is -2.05. The average Bonchev–Trinajstić information content (AvgIpc) is 2.97. The number of furan rings is 1. The van der Waals surface area contributed by atoms with E-state index in [0.29, 0.717) is 16.9 Å². The number of alkyl halides is 1. The molecule has 3 rings (SSSR count). The lowest BCUT2D eigenvalue weighted by Crippen LogP contribution is -2.01. The Bertz CT molecular complexity index is 790. The van der Waals surface area contributed by atoms with Crippen LogP contribution in [0.3, 0.4) is 0 Å². The van der Waals surface area contributed by atoms with Gasteiger partial charge in [-0.3, -0.25) is 0 Å². The monoisotopic (exact) mass is 300 g/mol. The predicted molar refractivity (Wildman–Crippen MR) is 82.5 cm³/mol. The lowest BCUT2D eigenvalue weighted by molar-refractivity contribution is 0.0602. The molecule has 1 aromatic heterocycles. The van der Waals surface area contributed by atoms with Crippen molar-refractivity contribution < 1.29 is 13.9 Å². The molecule has 0 aliphatic heterocycles. The number of benzene rings is 2. The highest BCUT2D eigenvalue weighted by Gasteiger charge is 2.17. The van der Waals surface area contributed by atoms with Gasteiger partial charge in [0.25, 0.3) is 0 Å². The topological polar surface area (TPSA) is 39.4 Å². The first-order chi connectivity index (χ1) is 10.2. The van der Waals surface area contributed by atoms with Gasteiger partial charge in [0.15, 0.2) is 0 Å². The number of fused-ring (bicyclic) bond motifs is 1. The number of halogens is 1. The zero-order chi connectivity index (χ0) is 14.8. The Morgan fingerprint density at radius 2 is 1.90 bits per heavy atom. The molecule has 0 saturated heterocycles. The Morgan fingerprint density at radius 1 is 1.14 bits per heavy atom. The minimum atomic E-state index is -0.423. The van der Waals surface area contributed by atoms with Crippen molar-refractivity contribution in [1.29, 1.82) is 0 Å². The number of methoxy groups -OCH3 is 1. The van der Waals surface area contributed by atoms with Crippen LogP contribution in [-0.2, 0) is 10.6 Å². The number of hydrogen-bond acceptors (Lipinski definition) is 3. The fourth-order valence-electron chi connectivity index (χ4n) is 2.33. The van der Waals surface area contributed by atoms with Gasteiger partial charge in [-0.15, -0.1) is 11.6 Å². The van der Waals surface area contributed by atoms with Crippen LogP contribution in [0, 0.1) is 0 Å².